The van der Waals surface area contributed by atoms with Crippen LogP contribution in [0.2, 0.25) is 0 Å². The maximum Gasteiger partial charge on any atom is 0.416 e. The van der Waals surface area contributed by atoms with Crippen molar-refractivity contribution in [3.63, 3.8) is 0 Å². The molecule has 0 bridgehead atoms. The van der Waals surface area contributed by atoms with Gasteiger partial charge in [-0.25, -0.2) is 0 Å². The van der Waals surface area contributed by atoms with E-state index in [4.69, 9.17) is 4.74 Å². The average Bonchev–Trinajstić information content (AvgIpc) is 2.98. The Kier molecular flexibility index (Phi) is 9.31. The molecule has 0 aromatic heterocycles. The van der Waals surface area contributed by atoms with Gasteiger partial charge in [0.1, 0.15) is 5.75 Å². The van der Waals surface area contributed by atoms with Gasteiger partial charge < -0.3 is 19.4 Å². The Bertz CT molecular complexity index is 1300. The molecule has 234 valence electrons. The third-order valence-electron chi connectivity index (χ3n) is 8.37. The van der Waals surface area contributed by atoms with Crippen LogP contribution in [-0.4, -0.2) is 78.8 Å². The van der Waals surface area contributed by atoms with Crippen LogP contribution in [0.3, 0.4) is 0 Å². The zero-order chi connectivity index (χ0) is 31.7. The van der Waals surface area contributed by atoms with E-state index in [2.05, 4.69) is 0 Å². The van der Waals surface area contributed by atoms with E-state index in [1.807, 2.05) is 0 Å². The van der Waals surface area contributed by atoms with E-state index in [-0.39, 0.29) is 43.3 Å². The molecule has 0 unspecified atom stereocenters. The summed E-state index contributed by atoms with van der Waals surface area (Å²) < 4.78 is 86.1. The van der Waals surface area contributed by atoms with Crippen molar-refractivity contribution in [1.82, 2.24) is 14.7 Å². The van der Waals surface area contributed by atoms with Crippen LogP contribution in [0.1, 0.15) is 59.2 Å². The van der Waals surface area contributed by atoms with E-state index in [1.165, 1.54) is 26.0 Å². The largest absolute Gasteiger partial charge is 0.497 e. The molecule has 2 heterocycles. The first kappa shape index (κ1) is 32.2. The van der Waals surface area contributed by atoms with Gasteiger partial charge in [-0.15, -0.1) is 0 Å². The molecule has 43 heavy (non-hydrogen) atoms. The summed E-state index contributed by atoms with van der Waals surface area (Å²) in [5.41, 5.74) is -3.13. The van der Waals surface area contributed by atoms with Gasteiger partial charge in [-0.3, -0.25) is 14.4 Å². The van der Waals surface area contributed by atoms with Crippen LogP contribution in [0.5, 0.6) is 5.75 Å². The molecule has 2 fully saturated rings. The van der Waals surface area contributed by atoms with Crippen molar-refractivity contribution in [2.24, 2.45) is 5.92 Å². The fourth-order valence-electron chi connectivity index (χ4n) is 5.91. The van der Waals surface area contributed by atoms with Crippen molar-refractivity contribution >= 4 is 17.7 Å². The van der Waals surface area contributed by atoms with Crippen molar-refractivity contribution in [3.8, 4) is 5.75 Å². The number of likely N-dealkylation sites (N-methyl/N-ethyl adjacent to an activating group) is 1. The number of carbonyl (C=O) groups excluding carboxylic acids is 3. The molecule has 0 radical (unpaired) electrons. The third-order valence-corrected chi connectivity index (χ3v) is 8.37. The summed E-state index contributed by atoms with van der Waals surface area (Å²) in [5.74, 6) is -1.33. The van der Waals surface area contributed by atoms with Gasteiger partial charge in [-0.05, 0) is 55.2 Å². The van der Waals surface area contributed by atoms with Crippen LogP contribution in [0.15, 0.2) is 42.5 Å². The SMILES string of the molecule is COc1ccc([C@@H]2CN(C(=O)C3CCN(C(C)=O)CC3)CC[C@H]2N(C)C(=O)c2cc(C(F)(F)F)cc(C(F)(F)F)c2)cc1. The maximum absolute atomic E-state index is 13.5. The summed E-state index contributed by atoms with van der Waals surface area (Å²) in [6.45, 7) is 2.86. The summed E-state index contributed by atoms with van der Waals surface area (Å²) in [6.07, 6.45) is -8.90. The van der Waals surface area contributed by atoms with Gasteiger partial charge in [-0.2, -0.15) is 26.3 Å². The maximum atomic E-state index is 13.5. The minimum Gasteiger partial charge on any atom is -0.497 e. The zero-order valence-corrected chi connectivity index (χ0v) is 24.0. The quantitative estimate of drug-likeness (QED) is 0.421. The highest BCUT2D eigenvalue weighted by atomic mass is 19.4. The number of halogens is 6. The number of carbonyl (C=O) groups is 3. The first-order valence-corrected chi connectivity index (χ1v) is 13.8. The van der Waals surface area contributed by atoms with E-state index in [0.717, 1.165) is 5.56 Å². The normalized spacial score (nSPS) is 20.1. The lowest BCUT2D eigenvalue weighted by molar-refractivity contribution is -0.143. The molecule has 2 aliphatic heterocycles. The molecule has 0 aliphatic carbocycles. The second-order valence-electron chi connectivity index (χ2n) is 11.0. The molecule has 2 atom stereocenters. The number of alkyl halides is 6. The van der Waals surface area contributed by atoms with Gasteiger partial charge in [-0.1, -0.05) is 12.1 Å². The van der Waals surface area contributed by atoms with Gasteiger partial charge in [0.25, 0.3) is 5.91 Å². The zero-order valence-electron chi connectivity index (χ0n) is 24.0. The molecule has 2 aromatic carbocycles. The summed E-state index contributed by atoms with van der Waals surface area (Å²) in [5, 5.41) is 0. The highest BCUT2D eigenvalue weighted by Crippen LogP contribution is 2.38. The Labute approximate surface area is 245 Å². The van der Waals surface area contributed by atoms with Gasteiger partial charge in [0, 0.05) is 63.6 Å². The molecule has 2 aromatic rings. The van der Waals surface area contributed by atoms with Crippen molar-refractivity contribution in [1.29, 1.82) is 0 Å². The predicted octanol–water partition coefficient (Wildman–Crippen LogP) is 5.45. The molecule has 13 heteroatoms. The van der Waals surface area contributed by atoms with Gasteiger partial charge >= 0.3 is 12.4 Å². The number of hydrogen-bond donors (Lipinski definition) is 0. The molecule has 2 saturated heterocycles. The fraction of sp³-hybridized carbons (Fsp3) is 0.500. The predicted molar refractivity (Wildman–Crippen MR) is 144 cm³/mol. The van der Waals surface area contributed by atoms with E-state index in [0.29, 0.717) is 43.8 Å². The Morgan fingerprint density at radius 3 is 1.86 bits per heavy atom. The molecule has 4 rings (SSSR count). The monoisotopic (exact) mass is 613 g/mol. The number of nitrogens with zero attached hydrogens (tertiary/aromatic N) is 3. The van der Waals surface area contributed by atoms with Crippen molar-refractivity contribution < 1.29 is 45.5 Å². The van der Waals surface area contributed by atoms with Crippen LogP contribution in [-0.2, 0) is 21.9 Å². The van der Waals surface area contributed by atoms with Crippen LogP contribution in [0.25, 0.3) is 0 Å². The number of ether oxygens (including phenoxy) is 1. The molecule has 7 nitrogen and oxygen atoms in total. The summed E-state index contributed by atoms with van der Waals surface area (Å²) in [4.78, 5) is 43.3. The minimum absolute atomic E-state index is 0.0120. The molecular weight excluding hydrogens is 580 g/mol. The van der Waals surface area contributed by atoms with E-state index in [1.54, 1.807) is 34.1 Å². The van der Waals surface area contributed by atoms with Crippen LogP contribution >= 0.6 is 0 Å². The smallest absolute Gasteiger partial charge is 0.416 e. The molecule has 3 amide bonds. The Hall–Kier alpha value is -3.77. The number of hydrogen-bond acceptors (Lipinski definition) is 4. The van der Waals surface area contributed by atoms with Crippen LogP contribution in [0.4, 0.5) is 26.3 Å². The third kappa shape index (κ3) is 7.24. The number of amides is 3. The van der Waals surface area contributed by atoms with Crippen molar-refractivity contribution in [3.05, 3.63) is 64.7 Å². The molecule has 0 saturated carbocycles. The summed E-state index contributed by atoms with van der Waals surface area (Å²) in [7, 11) is 2.85. The highest BCUT2D eigenvalue weighted by Gasteiger charge is 2.41. The minimum atomic E-state index is -5.09. The van der Waals surface area contributed by atoms with Crippen molar-refractivity contribution in [2.45, 2.75) is 50.5 Å². The lowest BCUT2D eigenvalue weighted by Crippen LogP contribution is -2.53. The molecular formula is C30H33F6N3O4. The topological polar surface area (TPSA) is 70.2 Å². The standard InChI is InChI=1S/C30H33F6N3O4/c1-18(40)38-11-8-20(9-12-38)28(42)39-13-10-26(25(17-39)19-4-6-24(43-3)7-5-19)37(2)27(41)21-14-22(29(31,32)33)16-23(15-21)30(34,35)36/h4-7,14-16,20,25-26H,8-13,17H2,1-3H3/t25-,26+/m0/s1. The van der Waals surface area contributed by atoms with Gasteiger partial charge in [0.15, 0.2) is 0 Å². The first-order chi connectivity index (χ1) is 20.1. The second kappa shape index (κ2) is 12.5. The van der Waals surface area contributed by atoms with E-state index in [9.17, 15) is 40.7 Å². The van der Waals surface area contributed by atoms with E-state index >= 15 is 0 Å². The van der Waals surface area contributed by atoms with Gasteiger partial charge in [0.2, 0.25) is 11.8 Å². The van der Waals surface area contributed by atoms with E-state index < -0.39 is 46.9 Å². The molecule has 2 aliphatic rings. The van der Waals surface area contributed by atoms with Crippen LogP contribution < -0.4 is 4.74 Å². The number of likely N-dealkylation sites (tertiary alicyclic amines) is 2. The first-order valence-electron chi connectivity index (χ1n) is 13.8. The molecule has 0 N–H and O–H groups in total. The Morgan fingerprint density at radius 2 is 1.37 bits per heavy atom. The Morgan fingerprint density at radius 1 is 0.837 bits per heavy atom. The Balaban J connectivity index is 1.62. The average molecular weight is 614 g/mol. The summed E-state index contributed by atoms with van der Waals surface area (Å²) >= 11 is 0. The summed E-state index contributed by atoms with van der Waals surface area (Å²) in [6, 6.07) is 7.16. The molecule has 0 spiro atoms. The second-order valence-corrected chi connectivity index (χ2v) is 11.0. The fourth-order valence-corrected chi connectivity index (χ4v) is 5.91. The lowest BCUT2D eigenvalue weighted by atomic mass is 9.83. The lowest BCUT2D eigenvalue weighted by Gasteiger charge is -2.44. The number of rotatable bonds is 5. The van der Waals surface area contributed by atoms with Crippen molar-refractivity contribution in [2.75, 3.05) is 40.3 Å². The number of benzene rings is 2. The number of methoxy groups -OCH3 is 1. The number of piperidine rings is 2. The van der Waals surface area contributed by atoms with Gasteiger partial charge in [0.05, 0.1) is 18.2 Å². The van der Waals surface area contributed by atoms with Crippen LogP contribution in [0, 0.1) is 5.92 Å². The highest BCUT2D eigenvalue weighted by molar-refractivity contribution is 5.95.